The van der Waals surface area contributed by atoms with E-state index < -0.39 is 10.9 Å². The van der Waals surface area contributed by atoms with Gasteiger partial charge in [-0.25, -0.2) is 0 Å². The highest BCUT2D eigenvalue weighted by Gasteiger charge is 2.15. The molecule has 0 spiro atoms. The molecule has 0 bridgehead atoms. The second-order valence-corrected chi connectivity index (χ2v) is 5.62. The van der Waals surface area contributed by atoms with Gasteiger partial charge in [0.25, 0.3) is 5.69 Å². The van der Waals surface area contributed by atoms with Gasteiger partial charge in [-0.3, -0.25) is 20.0 Å². The normalized spacial score (nSPS) is 14.9. The second kappa shape index (κ2) is 9.36. The molecule has 6 nitrogen and oxygen atoms in total. The van der Waals surface area contributed by atoms with E-state index in [-0.39, 0.29) is 5.69 Å². The van der Waals surface area contributed by atoms with Gasteiger partial charge in [0.2, 0.25) is 0 Å². The standard InChI is InChI=1S/C8H14O2.C6H6N2O2S/c9-8(10)6-7-4-2-1-3-5-7;7-11-6-4-2-1-3-5(6)8(9)10/h7H,1-6H2,(H,9,10);1-4H,7H2. The Morgan fingerprint density at radius 2 is 1.95 bits per heavy atom. The number of carboxylic acid groups (broad SMARTS) is 1. The highest BCUT2D eigenvalue weighted by atomic mass is 32.2. The molecule has 1 aliphatic carbocycles. The average molecular weight is 312 g/mol. The summed E-state index contributed by atoms with van der Waals surface area (Å²) in [5.74, 6) is -0.154. The molecule has 116 valence electrons. The van der Waals surface area contributed by atoms with Crippen molar-refractivity contribution in [1.82, 2.24) is 0 Å². The number of carbonyl (C=O) groups is 1. The first-order chi connectivity index (χ1) is 10.0. The Bertz CT molecular complexity index is 476. The van der Waals surface area contributed by atoms with E-state index >= 15 is 0 Å². The van der Waals surface area contributed by atoms with Crippen molar-refractivity contribution in [1.29, 1.82) is 0 Å². The lowest BCUT2D eigenvalue weighted by atomic mass is 9.87. The number of aliphatic carboxylic acids is 1. The Morgan fingerprint density at radius 1 is 1.33 bits per heavy atom. The molecule has 0 amide bonds. The zero-order valence-electron chi connectivity index (χ0n) is 11.7. The molecular formula is C14H20N2O4S. The van der Waals surface area contributed by atoms with Crippen molar-refractivity contribution in [2.24, 2.45) is 11.1 Å². The molecule has 0 heterocycles. The minimum atomic E-state index is -0.632. The molecule has 1 saturated carbocycles. The fourth-order valence-corrected chi connectivity index (χ4v) is 2.77. The lowest BCUT2D eigenvalue weighted by Crippen LogP contribution is -2.10. The van der Waals surface area contributed by atoms with Crippen molar-refractivity contribution in [3.05, 3.63) is 34.4 Å². The van der Waals surface area contributed by atoms with E-state index in [1.165, 1.54) is 25.3 Å². The van der Waals surface area contributed by atoms with Gasteiger partial charge >= 0.3 is 5.97 Å². The van der Waals surface area contributed by atoms with Crippen molar-refractivity contribution < 1.29 is 14.8 Å². The van der Waals surface area contributed by atoms with Gasteiger partial charge in [0.05, 0.1) is 4.92 Å². The van der Waals surface area contributed by atoms with E-state index in [0.717, 1.165) is 24.8 Å². The number of hydrogen-bond donors (Lipinski definition) is 2. The minimum absolute atomic E-state index is 0.0556. The van der Waals surface area contributed by atoms with Gasteiger partial charge in [0.15, 0.2) is 0 Å². The monoisotopic (exact) mass is 312 g/mol. The van der Waals surface area contributed by atoms with E-state index in [2.05, 4.69) is 0 Å². The second-order valence-electron chi connectivity index (χ2n) is 4.94. The van der Waals surface area contributed by atoms with Gasteiger partial charge in [-0.15, -0.1) is 0 Å². The summed E-state index contributed by atoms with van der Waals surface area (Å²) in [6, 6.07) is 6.36. The zero-order chi connectivity index (χ0) is 15.7. The fourth-order valence-electron chi connectivity index (χ4n) is 2.35. The van der Waals surface area contributed by atoms with Crippen LogP contribution in [0.5, 0.6) is 0 Å². The molecule has 1 fully saturated rings. The number of hydrogen-bond acceptors (Lipinski definition) is 5. The molecule has 21 heavy (non-hydrogen) atoms. The lowest BCUT2D eigenvalue weighted by molar-refractivity contribution is -0.387. The summed E-state index contributed by atoms with van der Waals surface area (Å²) in [5.41, 5.74) is 0.0556. The van der Waals surface area contributed by atoms with Crippen LogP contribution in [0.2, 0.25) is 0 Å². The molecular weight excluding hydrogens is 292 g/mol. The Morgan fingerprint density at radius 3 is 2.43 bits per heavy atom. The Balaban J connectivity index is 0.000000211. The zero-order valence-corrected chi connectivity index (χ0v) is 12.6. The minimum Gasteiger partial charge on any atom is -0.481 e. The molecule has 1 aromatic carbocycles. The van der Waals surface area contributed by atoms with Gasteiger partial charge in [-0.05, 0) is 36.8 Å². The van der Waals surface area contributed by atoms with Crippen LogP contribution in [-0.2, 0) is 4.79 Å². The maximum absolute atomic E-state index is 10.3. The van der Waals surface area contributed by atoms with E-state index in [4.69, 9.17) is 10.2 Å². The van der Waals surface area contributed by atoms with Crippen LogP contribution < -0.4 is 5.14 Å². The number of benzene rings is 1. The maximum Gasteiger partial charge on any atom is 0.303 e. The van der Waals surface area contributed by atoms with Crippen LogP contribution in [0, 0.1) is 16.0 Å². The Kier molecular flexibility index (Phi) is 7.78. The molecule has 0 aliphatic heterocycles. The Hall–Kier alpha value is -1.60. The molecule has 2 rings (SSSR count). The van der Waals surface area contributed by atoms with Crippen LogP contribution in [0.1, 0.15) is 38.5 Å². The van der Waals surface area contributed by atoms with E-state index in [1.807, 2.05) is 0 Å². The maximum atomic E-state index is 10.3. The SMILES string of the molecule is NSc1ccccc1[N+](=O)[O-].O=C(O)CC1CCCCC1. The number of carboxylic acids is 1. The fraction of sp³-hybridized carbons (Fsp3) is 0.500. The largest absolute Gasteiger partial charge is 0.481 e. The first-order valence-electron chi connectivity index (χ1n) is 6.86. The lowest BCUT2D eigenvalue weighted by Gasteiger charge is -2.18. The highest BCUT2D eigenvalue weighted by Crippen LogP contribution is 2.26. The molecule has 0 aromatic heterocycles. The average Bonchev–Trinajstić information content (AvgIpc) is 2.48. The van der Waals surface area contributed by atoms with Crippen molar-refractivity contribution in [2.75, 3.05) is 0 Å². The number of nitrogens with zero attached hydrogens (tertiary/aromatic N) is 1. The number of para-hydroxylation sites is 1. The topological polar surface area (TPSA) is 106 Å². The molecule has 0 saturated heterocycles. The molecule has 0 unspecified atom stereocenters. The third-order valence-corrected chi connectivity index (χ3v) is 3.98. The van der Waals surface area contributed by atoms with Gasteiger partial charge in [0, 0.05) is 12.5 Å². The van der Waals surface area contributed by atoms with Crippen LogP contribution in [0.25, 0.3) is 0 Å². The summed E-state index contributed by atoms with van der Waals surface area (Å²) in [6.07, 6.45) is 6.42. The van der Waals surface area contributed by atoms with Crippen LogP contribution in [-0.4, -0.2) is 16.0 Å². The van der Waals surface area contributed by atoms with Crippen LogP contribution in [0.3, 0.4) is 0 Å². The molecule has 0 radical (unpaired) electrons. The van der Waals surface area contributed by atoms with Crippen molar-refractivity contribution in [3.8, 4) is 0 Å². The first kappa shape index (κ1) is 17.5. The van der Waals surface area contributed by atoms with E-state index in [1.54, 1.807) is 18.2 Å². The summed E-state index contributed by atoms with van der Waals surface area (Å²) in [6.45, 7) is 0. The molecule has 1 aliphatic rings. The Labute approximate surface area is 128 Å². The van der Waals surface area contributed by atoms with Crippen LogP contribution in [0.4, 0.5) is 5.69 Å². The van der Waals surface area contributed by atoms with Crippen LogP contribution in [0.15, 0.2) is 29.2 Å². The summed E-state index contributed by atoms with van der Waals surface area (Å²) in [4.78, 5) is 20.6. The molecule has 3 N–H and O–H groups in total. The molecule has 1 aromatic rings. The smallest absolute Gasteiger partial charge is 0.303 e. The highest BCUT2D eigenvalue weighted by molar-refractivity contribution is 7.97. The molecule has 0 atom stereocenters. The summed E-state index contributed by atoms with van der Waals surface area (Å²) in [5, 5.41) is 24.0. The number of nitrogens with two attached hydrogens (primary N) is 1. The van der Waals surface area contributed by atoms with Gasteiger partial charge in [-0.1, -0.05) is 31.4 Å². The third-order valence-electron chi connectivity index (χ3n) is 3.38. The number of nitro benzene ring substituents is 1. The summed E-state index contributed by atoms with van der Waals surface area (Å²) < 4.78 is 0. The van der Waals surface area contributed by atoms with Gasteiger partial charge in [0.1, 0.15) is 4.90 Å². The van der Waals surface area contributed by atoms with Gasteiger partial charge < -0.3 is 5.11 Å². The van der Waals surface area contributed by atoms with Crippen molar-refractivity contribution >= 4 is 23.6 Å². The number of nitro groups is 1. The van der Waals surface area contributed by atoms with E-state index in [9.17, 15) is 14.9 Å². The first-order valence-corrected chi connectivity index (χ1v) is 7.74. The third kappa shape index (κ3) is 6.59. The van der Waals surface area contributed by atoms with Crippen molar-refractivity contribution in [2.45, 2.75) is 43.4 Å². The predicted molar refractivity (Wildman–Crippen MR) is 82.0 cm³/mol. The van der Waals surface area contributed by atoms with Gasteiger partial charge in [-0.2, -0.15) is 0 Å². The van der Waals surface area contributed by atoms with Crippen molar-refractivity contribution in [3.63, 3.8) is 0 Å². The summed E-state index contributed by atoms with van der Waals surface area (Å²) >= 11 is 0.882. The van der Waals surface area contributed by atoms with Crippen LogP contribution >= 0.6 is 11.9 Å². The quantitative estimate of drug-likeness (QED) is 0.500. The predicted octanol–water partition coefficient (Wildman–Crippen LogP) is 3.60. The molecule has 7 heteroatoms. The summed E-state index contributed by atoms with van der Waals surface area (Å²) in [7, 11) is 0. The van der Waals surface area contributed by atoms with E-state index in [0.29, 0.717) is 17.2 Å². The number of rotatable bonds is 4.